The van der Waals surface area contributed by atoms with Crippen molar-refractivity contribution in [3.05, 3.63) is 71.8 Å². The van der Waals surface area contributed by atoms with Gasteiger partial charge in [0.05, 0.1) is 11.5 Å². The van der Waals surface area contributed by atoms with Crippen LogP contribution in [0.5, 0.6) is 0 Å². The average molecular weight is 320 g/mol. The molecule has 1 aliphatic rings. The second kappa shape index (κ2) is 7.18. The number of amides is 1. The zero-order valence-corrected chi connectivity index (χ0v) is 13.5. The number of likely N-dealkylation sites (tertiary alicyclic amines) is 1. The summed E-state index contributed by atoms with van der Waals surface area (Å²) >= 11 is 0. The van der Waals surface area contributed by atoms with E-state index in [1.165, 1.54) is 0 Å². The monoisotopic (exact) mass is 320 g/mol. The van der Waals surface area contributed by atoms with E-state index in [-0.39, 0.29) is 12.7 Å². The van der Waals surface area contributed by atoms with Crippen LogP contribution >= 0.6 is 0 Å². The third-order valence-electron chi connectivity index (χ3n) is 4.62. The van der Waals surface area contributed by atoms with Crippen LogP contribution in [-0.2, 0) is 16.8 Å². The quantitative estimate of drug-likeness (QED) is 0.862. The van der Waals surface area contributed by atoms with Crippen molar-refractivity contribution in [2.45, 2.75) is 24.9 Å². The van der Waals surface area contributed by atoms with Gasteiger partial charge in [0.2, 0.25) is 0 Å². The Kier molecular flexibility index (Phi) is 4.81. The first-order valence-electron chi connectivity index (χ1n) is 8.16. The maximum absolute atomic E-state index is 12.2. The van der Waals surface area contributed by atoms with Crippen molar-refractivity contribution in [1.29, 1.82) is 5.26 Å². The summed E-state index contributed by atoms with van der Waals surface area (Å²) in [4.78, 5) is 13.9. The van der Waals surface area contributed by atoms with E-state index in [1.807, 2.05) is 60.7 Å². The number of nitriles is 1. The minimum absolute atomic E-state index is 0.276. The highest BCUT2D eigenvalue weighted by molar-refractivity contribution is 5.68. The van der Waals surface area contributed by atoms with Crippen molar-refractivity contribution < 1.29 is 9.53 Å². The van der Waals surface area contributed by atoms with E-state index in [0.29, 0.717) is 25.9 Å². The van der Waals surface area contributed by atoms with Gasteiger partial charge in [-0.2, -0.15) is 5.26 Å². The molecular formula is C20H20N2O2. The average Bonchev–Trinajstić information content (AvgIpc) is 2.67. The number of hydrogen-bond donors (Lipinski definition) is 0. The summed E-state index contributed by atoms with van der Waals surface area (Å²) in [5, 5.41) is 9.69. The molecule has 1 fully saturated rings. The molecule has 0 bridgehead atoms. The van der Waals surface area contributed by atoms with Crippen molar-refractivity contribution >= 4 is 6.09 Å². The van der Waals surface area contributed by atoms with Crippen LogP contribution in [0.15, 0.2) is 60.7 Å². The van der Waals surface area contributed by atoms with Crippen molar-refractivity contribution in [3.8, 4) is 6.07 Å². The Morgan fingerprint density at radius 1 is 1.04 bits per heavy atom. The van der Waals surface area contributed by atoms with Crippen LogP contribution in [0, 0.1) is 11.3 Å². The zero-order valence-electron chi connectivity index (χ0n) is 13.5. The van der Waals surface area contributed by atoms with Gasteiger partial charge in [-0.05, 0) is 24.0 Å². The minimum atomic E-state index is -0.503. The van der Waals surface area contributed by atoms with Gasteiger partial charge < -0.3 is 9.64 Å². The van der Waals surface area contributed by atoms with Crippen LogP contribution in [0.25, 0.3) is 0 Å². The number of rotatable bonds is 3. The largest absolute Gasteiger partial charge is 0.445 e. The third kappa shape index (κ3) is 3.41. The fourth-order valence-corrected chi connectivity index (χ4v) is 3.10. The van der Waals surface area contributed by atoms with Gasteiger partial charge in [-0.1, -0.05) is 60.7 Å². The van der Waals surface area contributed by atoms with Gasteiger partial charge in [0, 0.05) is 13.1 Å². The fraction of sp³-hybridized carbons (Fsp3) is 0.300. The Morgan fingerprint density at radius 3 is 2.21 bits per heavy atom. The molecule has 1 saturated heterocycles. The normalized spacial score (nSPS) is 16.2. The smallest absolute Gasteiger partial charge is 0.410 e. The molecule has 24 heavy (non-hydrogen) atoms. The Labute approximate surface area is 142 Å². The Morgan fingerprint density at radius 2 is 1.62 bits per heavy atom. The van der Waals surface area contributed by atoms with Crippen LogP contribution in [-0.4, -0.2) is 24.1 Å². The van der Waals surface area contributed by atoms with Gasteiger partial charge in [-0.25, -0.2) is 4.79 Å². The predicted octanol–water partition coefficient (Wildman–Crippen LogP) is 3.88. The Hall–Kier alpha value is -2.80. The molecule has 0 saturated carbocycles. The maximum atomic E-state index is 12.2. The summed E-state index contributed by atoms with van der Waals surface area (Å²) in [7, 11) is 0. The zero-order chi connectivity index (χ0) is 16.8. The van der Waals surface area contributed by atoms with Crippen LogP contribution in [0.4, 0.5) is 4.79 Å². The molecule has 4 nitrogen and oxygen atoms in total. The second-order valence-electron chi connectivity index (χ2n) is 6.09. The van der Waals surface area contributed by atoms with Crippen molar-refractivity contribution in [2.75, 3.05) is 13.1 Å². The first-order valence-corrected chi connectivity index (χ1v) is 8.16. The van der Waals surface area contributed by atoms with Gasteiger partial charge in [0.15, 0.2) is 0 Å². The van der Waals surface area contributed by atoms with E-state index in [9.17, 15) is 10.1 Å². The standard InChI is InChI=1S/C20H20N2O2/c21-16-20(18-9-5-2-6-10-18)11-13-22(14-12-20)19(23)24-15-17-7-3-1-4-8-17/h1-10H,11-15H2. The van der Waals surface area contributed by atoms with E-state index in [1.54, 1.807) is 4.90 Å². The number of hydrogen-bond acceptors (Lipinski definition) is 3. The molecule has 0 aliphatic carbocycles. The topological polar surface area (TPSA) is 53.3 Å². The summed E-state index contributed by atoms with van der Waals surface area (Å²) in [6.45, 7) is 1.35. The fourth-order valence-electron chi connectivity index (χ4n) is 3.10. The van der Waals surface area contributed by atoms with Gasteiger partial charge in [0.25, 0.3) is 0 Å². The van der Waals surface area contributed by atoms with E-state index >= 15 is 0 Å². The lowest BCUT2D eigenvalue weighted by Crippen LogP contribution is -2.44. The van der Waals surface area contributed by atoms with Gasteiger partial charge in [-0.15, -0.1) is 0 Å². The van der Waals surface area contributed by atoms with Crippen LogP contribution in [0.2, 0.25) is 0 Å². The molecule has 4 heteroatoms. The predicted molar refractivity (Wildman–Crippen MR) is 91.2 cm³/mol. The summed E-state index contributed by atoms with van der Waals surface area (Å²) in [6, 6.07) is 21.9. The van der Waals surface area contributed by atoms with Crippen molar-refractivity contribution in [2.24, 2.45) is 0 Å². The number of piperidine rings is 1. The lowest BCUT2D eigenvalue weighted by atomic mass is 9.74. The summed E-state index contributed by atoms with van der Waals surface area (Å²) < 4.78 is 5.38. The number of carbonyl (C=O) groups is 1. The number of ether oxygens (including phenoxy) is 1. The summed E-state index contributed by atoms with van der Waals surface area (Å²) in [6.07, 6.45) is 0.959. The maximum Gasteiger partial charge on any atom is 0.410 e. The molecule has 1 heterocycles. The molecule has 1 aliphatic heterocycles. The highest BCUT2D eigenvalue weighted by atomic mass is 16.6. The molecule has 0 unspecified atom stereocenters. The van der Waals surface area contributed by atoms with E-state index in [0.717, 1.165) is 11.1 Å². The highest BCUT2D eigenvalue weighted by Crippen LogP contribution is 2.35. The second-order valence-corrected chi connectivity index (χ2v) is 6.09. The van der Waals surface area contributed by atoms with E-state index in [4.69, 9.17) is 4.74 Å². The van der Waals surface area contributed by atoms with Gasteiger partial charge in [-0.3, -0.25) is 0 Å². The van der Waals surface area contributed by atoms with E-state index < -0.39 is 5.41 Å². The van der Waals surface area contributed by atoms with Gasteiger partial charge >= 0.3 is 6.09 Å². The van der Waals surface area contributed by atoms with Crippen LogP contribution < -0.4 is 0 Å². The Balaban J connectivity index is 1.58. The molecule has 0 aromatic heterocycles. The van der Waals surface area contributed by atoms with Crippen LogP contribution in [0.3, 0.4) is 0 Å². The molecule has 1 amide bonds. The molecule has 2 aromatic carbocycles. The van der Waals surface area contributed by atoms with Crippen molar-refractivity contribution in [1.82, 2.24) is 4.90 Å². The summed E-state index contributed by atoms with van der Waals surface area (Å²) in [5.74, 6) is 0. The molecule has 0 atom stereocenters. The Bertz CT molecular complexity index is 714. The number of carbonyl (C=O) groups excluding carboxylic acids is 1. The summed E-state index contributed by atoms with van der Waals surface area (Å²) in [5.41, 5.74) is 1.50. The molecule has 122 valence electrons. The molecule has 3 rings (SSSR count). The lowest BCUT2D eigenvalue weighted by molar-refractivity contribution is 0.0826. The van der Waals surface area contributed by atoms with Gasteiger partial charge in [0.1, 0.15) is 6.61 Å². The van der Waals surface area contributed by atoms with E-state index in [2.05, 4.69) is 6.07 Å². The minimum Gasteiger partial charge on any atom is -0.445 e. The molecule has 0 radical (unpaired) electrons. The highest BCUT2D eigenvalue weighted by Gasteiger charge is 2.38. The molecule has 0 spiro atoms. The third-order valence-corrected chi connectivity index (χ3v) is 4.62. The molecule has 2 aromatic rings. The lowest BCUT2D eigenvalue weighted by Gasteiger charge is -2.37. The first-order chi connectivity index (χ1) is 11.7. The molecule has 0 N–H and O–H groups in total. The van der Waals surface area contributed by atoms with Crippen molar-refractivity contribution in [3.63, 3.8) is 0 Å². The van der Waals surface area contributed by atoms with Crippen LogP contribution in [0.1, 0.15) is 24.0 Å². The SMILES string of the molecule is N#CC1(c2ccccc2)CCN(C(=O)OCc2ccccc2)CC1. The molecular weight excluding hydrogens is 300 g/mol. The number of nitrogens with zero attached hydrogens (tertiary/aromatic N) is 2. The number of benzene rings is 2. The first kappa shape index (κ1) is 16.1.